The van der Waals surface area contributed by atoms with Crippen molar-refractivity contribution in [3.05, 3.63) is 59.7 Å². The third-order valence-electron chi connectivity index (χ3n) is 8.10. The quantitative estimate of drug-likeness (QED) is 0.395. The van der Waals surface area contributed by atoms with Crippen LogP contribution in [0, 0.1) is 11.3 Å². The van der Waals surface area contributed by atoms with Crippen molar-refractivity contribution in [2.24, 2.45) is 5.73 Å². The summed E-state index contributed by atoms with van der Waals surface area (Å²) in [7, 11) is 0. The largest absolute Gasteiger partial charge is 0.348 e. The van der Waals surface area contributed by atoms with Crippen LogP contribution < -0.4 is 11.1 Å². The van der Waals surface area contributed by atoms with E-state index in [1.807, 2.05) is 18.2 Å². The topological polar surface area (TPSA) is 88.8 Å². The number of hydrogen-bond donors (Lipinski definition) is 2. The Balaban J connectivity index is 1.77. The molecule has 2 aliphatic heterocycles. The summed E-state index contributed by atoms with van der Waals surface area (Å²) < 4.78 is 4.72. The molecule has 2 aromatic heterocycles. The van der Waals surface area contributed by atoms with Gasteiger partial charge in [0.25, 0.3) is 5.91 Å². The molecule has 0 spiro atoms. The number of fused-ring (bicyclic) bond motifs is 13. The van der Waals surface area contributed by atoms with Crippen molar-refractivity contribution in [1.82, 2.24) is 14.5 Å². The molecule has 2 bridgehead atoms. The molecule has 3 N–H and O–H groups in total. The van der Waals surface area contributed by atoms with Crippen molar-refractivity contribution < 1.29 is 4.79 Å². The molecule has 4 heterocycles. The highest BCUT2D eigenvalue weighted by Crippen LogP contribution is 2.55. The second-order valence-corrected chi connectivity index (χ2v) is 9.52. The molecule has 6 nitrogen and oxygen atoms in total. The minimum atomic E-state index is -0.943. The van der Waals surface area contributed by atoms with Gasteiger partial charge in [-0.3, -0.25) is 4.79 Å². The van der Waals surface area contributed by atoms with E-state index >= 15 is 0 Å². The van der Waals surface area contributed by atoms with Crippen LogP contribution >= 0.6 is 0 Å². The van der Waals surface area contributed by atoms with Gasteiger partial charge in [0.05, 0.1) is 28.7 Å². The lowest BCUT2D eigenvalue weighted by Gasteiger charge is -2.28. The van der Waals surface area contributed by atoms with Gasteiger partial charge in [0.15, 0.2) is 0 Å². The number of benzene rings is 3. The van der Waals surface area contributed by atoms with Crippen molar-refractivity contribution in [3.63, 3.8) is 0 Å². The lowest BCUT2D eigenvalue weighted by molar-refractivity contribution is 0.0967. The fourth-order valence-electron chi connectivity index (χ4n) is 6.94. The fourth-order valence-corrected chi connectivity index (χ4v) is 6.94. The van der Waals surface area contributed by atoms with Gasteiger partial charge in [-0.15, -0.1) is 0 Å². The summed E-state index contributed by atoms with van der Waals surface area (Å²) in [5.74, 6) is 0.00115. The van der Waals surface area contributed by atoms with E-state index in [1.54, 1.807) is 0 Å². The van der Waals surface area contributed by atoms with Crippen LogP contribution in [0.2, 0.25) is 0 Å². The molecule has 6 heteroatoms. The summed E-state index contributed by atoms with van der Waals surface area (Å²) in [5, 5.41) is 17.6. The van der Waals surface area contributed by atoms with Gasteiger partial charge in [-0.1, -0.05) is 36.4 Å². The molecule has 0 saturated heterocycles. The van der Waals surface area contributed by atoms with Crippen molar-refractivity contribution in [1.29, 1.82) is 5.26 Å². The van der Waals surface area contributed by atoms with E-state index in [0.29, 0.717) is 13.0 Å². The first-order valence-electron chi connectivity index (χ1n) is 11.1. The molecule has 0 unspecified atom stereocenters. The maximum atomic E-state index is 13.1. The van der Waals surface area contributed by atoms with Gasteiger partial charge in [0, 0.05) is 51.6 Å². The predicted molar refractivity (Wildman–Crippen MR) is 123 cm³/mol. The number of nitriles is 1. The predicted octanol–water partition coefficient (Wildman–Crippen LogP) is 4.26. The number of para-hydroxylation sites is 2. The van der Waals surface area contributed by atoms with E-state index in [2.05, 4.69) is 50.9 Å². The second-order valence-electron chi connectivity index (χ2n) is 9.52. The maximum absolute atomic E-state index is 13.1. The minimum absolute atomic E-state index is 0.00115. The molecule has 154 valence electrons. The Kier molecular flexibility index (Phi) is 2.70. The lowest BCUT2D eigenvalue weighted by Crippen LogP contribution is -2.43. The highest BCUT2D eigenvalue weighted by atomic mass is 16.1. The molecule has 3 aliphatic rings. The molecule has 1 aliphatic carbocycles. The summed E-state index contributed by atoms with van der Waals surface area (Å²) >= 11 is 0. The summed E-state index contributed by atoms with van der Waals surface area (Å²) in [6.07, 6.45) is 1.40. The number of hydrogen-bond acceptors (Lipinski definition) is 3. The summed E-state index contributed by atoms with van der Waals surface area (Å²) in [6, 6.07) is 19.2. The fraction of sp³-hybridized carbons (Fsp3) is 0.231. The standard InChI is InChI=1S/C26H19N5O/c27-12-26(28)10-13-9-19(26)31-18-8-4-1-5-14(18)20-16-11-29-25(32)22(16)21-15-6-2-3-7-17(15)30(13)24(21)23(20)31/h1-8,13,19H,9-11,28H2,(H,29,32)/t13-,19+,26+/m1/s1. The van der Waals surface area contributed by atoms with Crippen LogP contribution in [-0.4, -0.2) is 20.6 Å². The Morgan fingerprint density at radius 3 is 2.41 bits per heavy atom. The van der Waals surface area contributed by atoms with Crippen molar-refractivity contribution in [2.75, 3.05) is 0 Å². The minimum Gasteiger partial charge on any atom is -0.348 e. The zero-order valence-corrected chi connectivity index (χ0v) is 17.2. The first-order chi connectivity index (χ1) is 15.6. The average Bonchev–Trinajstić information content (AvgIpc) is 3.51. The molecule has 0 radical (unpaired) electrons. The van der Waals surface area contributed by atoms with E-state index in [4.69, 9.17) is 5.73 Å². The molecule has 1 amide bonds. The number of rotatable bonds is 0. The van der Waals surface area contributed by atoms with E-state index in [-0.39, 0.29) is 18.0 Å². The number of carbonyl (C=O) groups is 1. The lowest BCUT2D eigenvalue weighted by atomic mass is 9.94. The molecule has 8 rings (SSSR count). The van der Waals surface area contributed by atoms with Crippen LogP contribution in [0.25, 0.3) is 43.6 Å². The van der Waals surface area contributed by atoms with Gasteiger partial charge in [0.1, 0.15) is 5.54 Å². The first kappa shape index (κ1) is 16.8. The van der Waals surface area contributed by atoms with Crippen LogP contribution in [0.3, 0.4) is 0 Å². The molecule has 1 fully saturated rings. The Labute approximate surface area is 182 Å². The maximum Gasteiger partial charge on any atom is 0.252 e. The van der Waals surface area contributed by atoms with Crippen molar-refractivity contribution in [3.8, 4) is 6.07 Å². The van der Waals surface area contributed by atoms with Gasteiger partial charge in [0.2, 0.25) is 0 Å². The number of aromatic nitrogens is 2. The van der Waals surface area contributed by atoms with Crippen molar-refractivity contribution >= 4 is 49.5 Å². The third kappa shape index (κ3) is 1.62. The van der Waals surface area contributed by atoms with E-state index in [0.717, 1.165) is 61.2 Å². The normalized spacial score (nSPS) is 25.7. The number of nitrogens with zero attached hydrogens (tertiary/aromatic N) is 3. The summed E-state index contributed by atoms with van der Waals surface area (Å²) in [4.78, 5) is 13.1. The second kappa shape index (κ2) is 5.14. The molecule has 3 aromatic carbocycles. The Morgan fingerprint density at radius 2 is 1.66 bits per heavy atom. The molecular weight excluding hydrogens is 398 g/mol. The van der Waals surface area contributed by atoms with Gasteiger partial charge >= 0.3 is 0 Å². The molecule has 32 heavy (non-hydrogen) atoms. The zero-order chi connectivity index (χ0) is 21.4. The van der Waals surface area contributed by atoms with E-state index in [9.17, 15) is 10.1 Å². The Hall–Kier alpha value is -3.82. The zero-order valence-electron chi connectivity index (χ0n) is 17.2. The number of nitrogens with one attached hydrogen (secondary N) is 1. The molecule has 1 saturated carbocycles. The Bertz CT molecular complexity index is 1750. The van der Waals surface area contributed by atoms with Crippen molar-refractivity contribution in [2.45, 2.75) is 37.0 Å². The van der Waals surface area contributed by atoms with Crippen LogP contribution in [0.15, 0.2) is 48.5 Å². The molecule has 5 aromatic rings. The summed E-state index contributed by atoms with van der Waals surface area (Å²) in [6.45, 7) is 0.522. The van der Waals surface area contributed by atoms with Gasteiger partial charge in [-0.05, 0) is 24.1 Å². The monoisotopic (exact) mass is 417 g/mol. The number of carbonyl (C=O) groups excluding carboxylic acids is 1. The van der Waals surface area contributed by atoms with Crippen LogP contribution in [0.4, 0.5) is 0 Å². The van der Waals surface area contributed by atoms with Gasteiger partial charge < -0.3 is 20.2 Å². The number of amides is 1. The summed E-state index contributed by atoms with van der Waals surface area (Å²) in [5.41, 5.74) is 12.2. The average molecular weight is 417 g/mol. The highest BCUT2D eigenvalue weighted by Gasteiger charge is 2.50. The molecular formula is C26H19N5O. The number of nitrogens with two attached hydrogens (primary N) is 1. The van der Waals surface area contributed by atoms with Crippen LogP contribution in [-0.2, 0) is 6.54 Å². The third-order valence-corrected chi connectivity index (χ3v) is 8.10. The van der Waals surface area contributed by atoms with Crippen LogP contribution in [0.1, 0.15) is 40.8 Å². The van der Waals surface area contributed by atoms with E-state index in [1.165, 1.54) is 0 Å². The smallest absolute Gasteiger partial charge is 0.252 e. The van der Waals surface area contributed by atoms with E-state index < -0.39 is 5.54 Å². The first-order valence-corrected chi connectivity index (χ1v) is 11.1. The van der Waals surface area contributed by atoms with Gasteiger partial charge in [-0.25, -0.2) is 0 Å². The highest BCUT2D eigenvalue weighted by molar-refractivity contribution is 6.31. The van der Waals surface area contributed by atoms with Crippen LogP contribution in [0.5, 0.6) is 0 Å². The Morgan fingerprint density at radius 1 is 1.00 bits per heavy atom. The van der Waals surface area contributed by atoms with Gasteiger partial charge in [-0.2, -0.15) is 5.26 Å². The molecule has 3 atom stereocenters. The SMILES string of the molecule is N#C[C@@]1(N)C[C@H]2C[C@@H]1n1c3ccccc3c3c4c(c5c6ccccc6n2c5c31)C(=O)NC4.